The zero-order valence-corrected chi connectivity index (χ0v) is 19.5. The summed E-state index contributed by atoms with van der Waals surface area (Å²) in [6.45, 7) is 0.136. The summed E-state index contributed by atoms with van der Waals surface area (Å²) in [5.41, 5.74) is 1.61. The van der Waals surface area contributed by atoms with Gasteiger partial charge in [-0.3, -0.25) is 9.59 Å². The topological polar surface area (TPSA) is 113 Å². The van der Waals surface area contributed by atoms with E-state index in [4.69, 9.17) is 23.2 Å². The highest BCUT2D eigenvalue weighted by Gasteiger charge is 2.25. The predicted octanol–water partition coefficient (Wildman–Crippen LogP) is 3.90. The molecule has 3 N–H and O–H groups in total. The molecule has 3 aromatic carbocycles. The van der Waals surface area contributed by atoms with Gasteiger partial charge in [0.15, 0.2) is 0 Å². The molecule has 7 nitrogen and oxygen atoms in total. The number of aliphatic carboxylic acids is 1. The van der Waals surface area contributed by atoms with Crippen LogP contribution in [0.3, 0.4) is 0 Å². The minimum absolute atomic E-state index is 0.00672. The molecule has 0 saturated carbocycles. The summed E-state index contributed by atoms with van der Waals surface area (Å²) >= 11 is 11.9. The number of sulfonamides is 1. The van der Waals surface area contributed by atoms with E-state index in [1.54, 1.807) is 36.4 Å². The largest absolute Gasteiger partial charge is 0.480 e. The second kappa shape index (κ2) is 10.8. The Hall–Kier alpha value is -2.91. The molecule has 0 heterocycles. The van der Waals surface area contributed by atoms with Gasteiger partial charge >= 0.3 is 5.97 Å². The molecule has 0 aliphatic rings. The Balaban J connectivity index is 1.65. The van der Waals surface area contributed by atoms with Gasteiger partial charge in [0.25, 0.3) is 5.91 Å². The summed E-state index contributed by atoms with van der Waals surface area (Å²) in [6.07, 6.45) is 0.00672. The maximum atomic E-state index is 12.7. The molecule has 10 heteroatoms. The van der Waals surface area contributed by atoms with Gasteiger partial charge in [0.2, 0.25) is 10.0 Å². The predicted molar refractivity (Wildman–Crippen MR) is 126 cm³/mol. The molecule has 0 aromatic heterocycles. The molecular weight excluding hydrogens is 487 g/mol. The number of amides is 1. The quantitative estimate of drug-likeness (QED) is 0.407. The standard InChI is InChI=1S/C23H20Cl2N2O5S/c24-17-8-11-19(20(25)13-17)22(28)26-14-16-6-9-18(10-7-16)33(31,32)27-21(23(29)30)12-15-4-2-1-3-5-15/h1-11,13,21,27H,12,14H2,(H,26,28)(H,29,30). The van der Waals surface area contributed by atoms with E-state index in [0.717, 1.165) is 0 Å². The molecule has 0 aliphatic heterocycles. The summed E-state index contributed by atoms with van der Waals surface area (Å²) < 4.78 is 27.6. The molecule has 0 saturated heterocycles. The van der Waals surface area contributed by atoms with Crippen LogP contribution in [0.15, 0.2) is 77.7 Å². The van der Waals surface area contributed by atoms with Crippen molar-refractivity contribution in [2.75, 3.05) is 0 Å². The molecule has 0 spiro atoms. The summed E-state index contributed by atoms with van der Waals surface area (Å²) in [4.78, 5) is 23.8. The number of hydrogen-bond donors (Lipinski definition) is 3. The number of halogens is 2. The first-order valence-corrected chi connectivity index (χ1v) is 12.0. The van der Waals surface area contributed by atoms with E-state index < -0.39 is 27.9 Å². The van der Waals surface area contributed by atoms with Crippen LogP contribution >= 0.6 is 23.2 Å². The number of carboxylic acid groups (broad SMARTS) is 1. The van der Waals surface area contributed by atoms with Crippen LogP contribution in [0, 0.1) is 0 Å². The highest BCUT2D eigenvalue weighted by Crippen LogP contribution is 2.21. The smallest absolute Gasteiger partial charge is 0.322 e. The van der Waals surface area contributed by atoms with E-state index in [0.29, 0.717) is 16.1 Å². The van der Waals surface area contributed by atoms with Gasteiger partial charge in [0.1, 0.15) is 6.04 Å². The fourth-order valence-corrected chi connectivity index (χ4v) is 4.71. The Labute approximate surface area is 201 Å². The monoisotopic (exact) mass is 506 g/mol. The fourth-order valence-electron chi connectivity index (χ4n) is 3.02. The average Bonchev–Trinajstić information content (AvgIpc) is 2.78. The highest BCUT2D eigenvalue weighted by atomic mass is 35.5. The lowest BCUT2D eigenvalue weighted by Crippen LogP contribution is -2.42. The van der Waals surface area contributed by atoms with Crippen molar-refractivity contribution >= 4 is 45.1 Å². The van der Waals surface area contributed by atoms with Crippen molar-refractivity contribution in [1.29, 1.82) is 0 Å². The first kappa shape index (κ1) is 24.7. The SMILES string of the molecule is O=C(NCc1ccc(S(=O)(=O)NC(Cc2ccccc2)C(=O)O)cc1)c1ccc(Cl)cc1Cl. The Morgan fingerprint density at radius 3 is 2.18 bits per heavy atom. The molecule has 1 amide bonds. The van der Waals surface area contributed by atoms with Gasteiger partial charge < -0.3 is 10.4 Å². The minimum atomic E-state index is -4.07. The van der Waals surface area contributed by atoms with Crippen LogP contribution in [0.2, 0.25) is 10.0 Å². The van der Waals surface area contributed by atoms with Gasteiger partial charge in [-0.05, 0) is 47.9 Å². The number of carboxylic acids is 1. The number of hydrogen-bond acceptors (Lipinski definition) is 4. The third-order valence-electron chi connectivity index (χ3n) is 4.74. The third-order valence-corrected chi connectivity index (χ3v) is 6.78. The van der Waals surface area contributed by atoms with Crippen molar-refractivity contribution in [3.63, 3.8) is 0 Å². The Morgan fingerprint density at radius 2 is 1.58 bits per heavy atom. The first-order chi connectivity index (χ1) is 15.7. The van der Waals surface area contributed by atoms with Crippen LogP contribution in [0.1, 0.15) is 21.5 Å². The van der Waals surface area contributed by atoms with E-state index in [2.05, 4.69) is 10.0 Å². The van der Waals surface area contributed by atoms with Gasteiger partial charge in [0, 0.05) is 11.6 Å². The van der Waals surface area contributed by atoms with Gasteiger partial charge in [-0.2, -0.15) is 4.72 Å². The van der Waals surface area contributed by atoms with Crippen LogP contribution in [-0.2, 0) is 27.8 Å². The van der Waals surface area contributed by atoms with Crippen molar-refractivity contribution in [2.24, 2.45) is 0 Å². The number of nitrogens with one attached hydrogen (secondary N) is 2. The molecule has 1 atom stereocenters. The molecule has 3 rings (SSSR count). The van der Waals surface area contributed by atoms with E-state index in [1.807, 2.05) is 0 Å². The second-order valence-corrected chi connectivity index (χ2v) is 9.71. The van der Waals surface area contributed by atoms with Crippen molar-refractivity contribution in [3.8, 4) is 0 Å². The summed E-state index contributed by atoms with van der Waals surface area (Å²) in [6, 6.07) is 17.7. The number of benzene rings is 3. The number of carbonyl (C=O) groups excluding carboxylic acids is 1. The lowest BCUT2D eigenvalue weighted by atomic mass is 10.1. The Kier molecular flexibility index (Phi) is 8.10. The number of rotatable bonds is 9. The molecule has 1 unspecified atom stereocenters. The highest BCUT2D eigenvalue weighted by molar-refractivity contribution is 7.89. The van der Waals surface area contributed by atoms with Crippen LogP contribution in [-0.4, -0.2) is 31.4 Å². The van der Waals surface area contributed by atoms with Gasteiger partial charge in [-0.1, -0.05) is 65.7 Å². The third kappa shape index (κ3) is 6.79. The van der Waals surface area contributed by atoms with Gasteiger partial charge in [-0.15, -0.1) is 0 Å². The molecule has 0 aliphatic carbocycles. The normalized spacial score (nSPS) is 12.2. The molecule has 0 radical (unpaired) electrons. The van der Waals surface area contributed by atoms with E-state index in [9.17, 15) is 23.1 Å². The zero-order chi connectivity index (χ0) is 24.0. The van der Waals surface area contributed by atoms with Crippen molar-refractivity contribution in [2.45, 2.75) is 23.9 Å². The maximum Gasteiger partial charge on any atom is 0.322 e. The van der Waals surface area contributed by atoms with Gasteiger partial charge in [0.05, 0.1) is 15.5 Å². The van der Waals surface area contributed by atoms with Crippen molar-refractivity contribution < 1.29 is 23.1 Å². The summed E-state index contributed by atoms with van der Waals surface area (Å²) in [5.74, 6) is -1.68. The Morgan fingerprint density at radius 1 is 0.909 bits per heavy atom. The van der Waals surface area contributed by atoms with Crippen LogP contribution in [0.25, 0.3) is 0 Å². The van der Waals surface area contributed by atoms with E-state index in [1.165, 1.54) is 36.4 Å². The Bertz CT molecular complexity index is 1250. The molecule has 0 fully saturated rings. The fraction of sp³-hybridized carbons (Fsp3) is 0.130. The second-order valence-electron chi connectivity index (χ2n) is 7.15. The van der Waals surface area contributed by atoms with Crippen LogP contribution in [0.5, 0.6) is 0 Å². The zero-order valence-electron chi connectivity index (χ0n) is 17.2. The van der Waals surface area contributed by atoms with E-state index in [-0.39, 0.29) is 28.4 Å². The molecule has 3 aromatic rings. The lowest BCUT2D eigenvalue weighted by Gasteiger charge is -2.15. The lowest BCUT2D eigenvalue weighted by molar-refractivity contribution is -0.138. The summed E-state index contributed by atoms with van der Waals surface area (Å²) in [7, 11) is -4.07. The van der Waals surface area contributed by atoms with Crippen molar-refractivity contribution in [1.82, 2.24) is 10.0 Å². The van der Waals surface area contributed by atoms with E-state index >= 15 is 0 Å². The molecule has 33 heavy (non-hydrogen) atoms. The van der Waals surface area contributed by atoms with Crippen molar-refractivity contribution in [3.05, 3.63) is 99.5 Å². The summed E-state index contributed by atoms with van der Waals surface area (Å²) in [5, 5.41) is 12.8. The number of carbonyl (C=O) groups is 2. The maximum absolute atomic E-state index is 12.7. The van der Waals surface area contributed by atoms with Crippen LogP contribution in [0.4, 0.5) is 0 Å². The molecule has 0 bridgehead atoms. The minimum Gasteiger partial charge on any atom is -0.480 e. The average molecular weight is 507 g/mol. The van der Waals surface area contributed by atoms with Gasteiger partial charge in [-0.25, -0.2) is 8.42 Å². The first-order valence-electron chi connectivity index (χ1n) is 9.77. The molecular formula is C23H20Cl2N2O5S. The van der Waals surface area contributed by atoms with Crippen LogP contribution < -0.4 is 10.0 Å². The molecule has 172 valence electrons.